The van der Waals surface area contributed by atoms with E-state index in [1.165, 1.54) is 6.08 Å². The van der Waals surface area contributed by atoms with E-state index in [1.807, 2.05) is 18.2 Å². The summed E-state index contributed by atoms with van der Waals surface area (Å²) in [5.41, 5.74) is 1.94. The van der Waals surface area contributed by atoms with Crippen LogP contribution in [0, 0.1) is 0 Å². The lowest BCUT2D eigenvalue weighted by Gasteiger charge is -2.30. The molecule has 0 fully saturated rings. The topological polar surface area (TPSA) is 68.8 Å². The molecule has 0 radical (unpaired) electrons. The van der Waals surface area contributed by atoms with Crippen LogP contribution in [-0.2, 0) is 9.53 Å². The molecule has 0 aromatic heterocycles. The molecule has 1 atom stereocenters. The van der Waals surface area contributed by atoms with E-state index in [0.29, 0.717) is 34.5 Å². The second kappa shape index (κ2) is 9.97. The summed E-state index contributed by atoms with van der Waals surface area (Å²) in [6.07, 6.45) is 3.55. The maximum Gasteiger partial charge on any atom is 0.338 e. The van der Waals surface area contributed by atoms with Crippen LogP contribution in [0.1, 0.15) is 38.3 Å². The van der Waals surface area contributed by atoms with Crippen LogP contribution >= 0.6 is 12.2 Å². The Morgan fingerprint density at radius 3 is 2.81 bits per heavy atom. The van der Waals surface area contributed by atoms with Crippen molar-refractivity contribution in [1.82, 2.24) is 10.6 Å². The molecule has 0 unspecified atom stereocenters. The number of hydrogen-bond donors (Lipinski definition) is 2. The largest absolute Gasteiger partial charge is 0.493 e. The van der Waals surface area contributed by atoms with Gasteiger partial charge in [-0.05, 0) is 43.3 Å². The molecule has 27 heavy (non-hydrogen) atoms. The van der Waals surface area contributed by atoms with Crippen LogP contribution < -0.4 is 20.1 Å². The lowest BCUT2D eigenvalue weighted by atomic mass is 9.95. The van der Waals surface area contributed by atoms with Gasteiger partial charge in [-0.3, -0.25) is 0 Å². The smallest absolute Gasteiger partial charge is 0.338 e. The number of ether oxygens (including phenoxy) is 3. The number of carbonyl (C=O) groups excluding carboxylic acids is 1. The van der Waals surface area contributed by atoms with Crippen molar-refractivity contribution in [2.24, 2.45) is 0 Å². The van der Waals surface area contributed by atoms with Gasteiger partial charge < -0.3 is 24.8 Å². The summed E-state index contributed by atoms with van der Waals surface area (Å²) in [5.74, 6) is 0.844. The Morgan fingerprint density at radius 2 is 2.15 bits per heavy atom. The summed E-state index contributed by atoms with van der Waals surface area (Å²) in [6.45, 7) is 8.24. The van der Waals surface area contributed by atoms with E-state index in [4.69, 9.17) is 26.4 Å². The highest BCUT2D eigenvalue weighted by molar-refractivity contribution is 7.80. The van der Waals surface area contributed by atoms with Crippen LogP contribution in [0.25, 0.3) is 0 Å². The molecule has 0 aliphatic carbocycles. The van der Waals surface area contributed by atoms with Gasteiger partial charge in [-0.1, -0.05) is 32.1 Å². The lowest BCUT2D eigenvalue weighted by molar-refractivity contribution is -0.138. The standard InChI is InChI=1S/C20H26N2O4S/c1-5-7-11-25-15-9-8-14(12-16(15)24-4)18-17(19(23)26-10-6-2)13(3)21-20(27)22-18/h6,8-9,12,18H,2,5,7,10-11H2,1,3-4H3,(H2,21,22,27)/t18-/m1/s1. The Labute approximate surface area is 165 Å². The number of hydrogen-bond acceptors (Lipinski definition) is 5. The van der Waals surface area contributed by atoms with E-state index in [-0.39, 0.29) is 6.61 Å². The summed E-state index contributed by atoms with van der Waals surface area (Å²) in [4.78, 5) is 12.5. The Balaban J connectivity index is 2.34. The normalized spacial score (nSPS) is 16.3. The molecule has 6 nitrogen and oxygen atoms in total. The van der Waals surface area contributed by atoms with Gasteiger partial charge in [0.15, 0.2) is 16.6 Å². The molecule has 0 bridgehead atoms. The first kappa shape index (κ1) is 20.8. The minimum Gasteiger partial charge on any atom is -0.493 e. The average Bonchev–Trinajstić information content (AvgIpc) is 2.65. The first-order valence-electron chi connectivity index (χ1n) is 8.88. The Hall–Kier alpha value is -2.54. The van der Waals surface area contributed by atoms with Crippen LogP contribution in [0.15, 0.2) is 42.1 Å². The lowest BCUT2D eigenvalue weighted by Crippen LogP contribution is -2.45. The molecule has 2 N–H and O–H groups in total. The Morgan fingerprint density at radius 1 is 1.37 bits per heavy atom. The van der Waals surface area contributed by atoms with Gasteiger partial charge in [-0.2, -0.15) is 0 Å². The van der Waals surface area contributed by atoms with Crippen LogP contribution in [0.4, 0.5) is 0 Å². The summed E-state index contributed by atoms with van der Waals surface area (Å²) >= 11 is 5.26. The fraction of sp³-hybridized carbons (Fsp3) is 0.400. The molecule has 1 aliphatic heterocycles. The number of nitrogens with one attached hydrogen (secondary N) is 2. The highest BCUT2D eigenvalue weighted by Gasteiger charge is 2.31. The van der Waals surface area contributed by atoms with Gasteiger partial charge in [0.25, 0.3) is 0 Å². The molecule has 0 spiro atoms. The zero-order valence-corrected chi connectivity index (χ0v) is 16.8. The van der Waals surface area contributed by atoms with Gasteiger partial charge in [0.2, 0.25) is 0 Å². The van der Waals surface area contributed by atoms with E-state index >= 15 is 0 Å². The van der Waals surface area contributed by atoms with E-state index in [9.17, 15) is 4.79 Å². The SMILES string of the molecule is C=CCOC(=O)C1=C(C)NC(=S)N[C@@H]1c1ccc(OCCCC)c(OC)c1. The average molecular weight is 391 g/mol. The predicted molar refractivity (Wildman–Crippen MR) is 109 cm³/mol. The molecule has 2 rings (SSSR count). The van der Waals surface area contributed by atoms with E-state index in [2.05, 4.69) is 24.1 Å². The van der Waals surface area contributed by atoms with Crippen molar-refractivity contribution in [1.29, 1.82) is 0 Å². The first-order valence-corrected chi connectivity index (χ1v) is 9.29. The number of methoxy groups -OCH3 is 1. The molecule has 7 heteroatoms. The third kappa shape index (κ3) is 5.23. The second-order valence-electron chi connectivity index (χ2n) is 6.07. The zero-order valence-electron chi connectivity index (χ0n) is 16.0. The van der Waals surface area contributed by atoms with Gasteiger partial charge in [-0.25, -0.2) is 4.79 Å². The van der Waals surface area contributed by atoms with Crippen LogP contribution in [0.5, 0.6) is 11.5 Å². The monoisotopic (exact) mass is 390 g/mol. The highest BCUT2D eigenvalue weighted by atomic mass is 32.1. The molecule has 0 amide bonds. The number of benzene rings is 1. The van der Waals surface area contributed by atoms with Crippen molar-refractivity contribution in [3.8, 4) is 11.5 Å². The Kier molecular flexibility index (Phi) is 7.67. The number of carbonyl (C=O) groups is 1. The number of thiocarbonyl (C=S) groups is 1. The van der Waals surface area contributed by atoms with Crippen LogP contribution in [0.3, 0.4) is 0 Å². The second-order valence-corrected chi connectivity index (χ2v) is 6.48. The molecule has 1 aromatic rings. The molecule has 0 saturated carbocycles. The van der Waals surface area contributed by atoms with Gasteiger partial charge in [-0.15, -0.1) is 0 Å². The third-order valence-corrected chi connectivity index (χ3v) is 4.32. The first-order chi connectivity index (χ1) is 13.0. The molecule has 1 heterocycles. The quantitative estimate of drug-likeness (QED) is 0.290. The fourth-order valence-electron chi connectivity index (χ4n) is 2.74. The van der Waals surface area contributed by atoms with Gasteiger partial charge in [0, 0.05) is 5.70 Å². The molecule has 1 aromatic carbocycles. The highest BCUT2D eigenvalue weighted by Crippen LogP contribution is 2.34. The summed E-state index contributed by atoms with van der Waals surface area (Å²) in [7, 11) is 1.59. The van der Waals surface area contributed by atoms with Crippen LogP contribution in [-0.4, -0.2) is 31.4 Å². The molecule has 1 aliphatic rings. The van der Waals surface area contributed by atoms with Crippen LogP contribution in [0.2, 0.25) is 0 Å². The maximum absolute atomic E-state index is 12.5. The van der Waals surface area contributed by atoms with Crippen molar-refractivity contribution in [3.63, 3.8) is 0 Å². The van der Waals surface area contributed by atoms with Crippen molar-refractivity contribution in [2.45, 2.75) is 32.7 Å². The predicted octanol–water partition coefficient (Wildman–Crippen LogP) is 3.40. The van der Waals surface area contributed by atoms with Gasteiger partial charge >= 0.3 is 5.97 Å². The number of esters is 1. The molecule has 0 saturated heterocycles. The fourth-order valence-corrected chi connectivity index (χ4v) is 3.01. The zero-order chi connectivity index (χ0) is 19.8. The molecular weight excluding hydrogens is 364 g/mol. The van der Waals surface area contributed by atoms with Gasteiger partial charge in [0.05, 0.1) is 25.3 Å². The van der Waals surface area contributed by atoms with Crippen molar-refractivity contribution >= 4 is 23.3 Å². The summed E-state index contributed by atoms with van der Waals surface area (Å²) in [6, 6.07) is 5.14. The third-order valence-electron chi connectivity index (χ3n) is 4.10. The molecule has 146 valence electrons. The van der Waals surface area contributed by atoms with Crippen molar-refractivity contribution in [2.75, 3.05) is 20.3 Å². The van der Waals surface area contributed by atoms with Crippen molar-refractivity contribution in [3.05, 3.63) is 47.7 Å². The summed E-state index contributed by atoms with van der Waals surface area (Å²) in [5, 5.41) is 6.56. The minimum absolute atomic E-state index is 0.139. The molecular formula is C20H26N2O4S. The maximum atomic E-state index is 12.5. The van der Waals surface area contributed by atoms with Crippen molar-refractivity contribution < 1.29 is 19.0 Å². The van der Waals surface area contributed by atoms with E-state index in [1.54, 1.807) is 14.0 Å². The Bertz CT molecular complexity index is 745. The summed E-state index contributed by atoms with van der Waals surface area (Å²) < 4.78 is 16.5. The number of unbranched alkanes of at least 4 members (excludes halogenated alkanes) is 1. The minimum atomic E-state index is -0.449. The van der Waals surface area contributed by atoms with Gasteiger partial charge in [0.1, 0.15) is 6.61 Å². The number of rotatable bonds is 9. The van der Waals surface area contributed by atoms with E-state index < -0.39 is 12.0 Å². The number of allylic oxidation sites excluding steroid dienone is 1. The van der Waals surface area contributed by atoms with E-state index in [0.717, 1.165) is 18.4 Å².